The molecule has 0 radical (unpaired) electrons. The van der Waals surface area contributed by atoms with Crippen molar-refractivity contribution < 1.29 is 9.50 Å². The molecule has 0 saturated carbocycles. The first kappa shape index (κ1) is 13.7. The Labute approximate surface area is 122 Å². The Morgan fingerprint density at radius 1 is 1.05 bits per heavy atom. The van der Waals surface area contributed by atoms with Gasteiger partial charge in [0.05, 0.1) is 5.52 Å². The Kier molecular flexibility index (Phi) is 3.43. The van der Waals surface area contributed by atoms with Gasteiger partial charge in [0.15, 0.2) is 0 Å². The minimum Gasteiger partial charge on any atom is -0.380 e. The van der Waals surface area contributed by atoms with Crippen LogP contribution in [0.25, 0.3) is 10.9 Å². The van der Waals surface area contributed by atoms with Crippen molar-refractivity contribution in [3.05, 3.63) is 77.7 Å². The van der Waals surface area contributed by atoms with Crippen LogP contribution in [-0.2, 0) is 5.60 Å². The summed E-state index contributed by atoms with van der Waals surface area (Å²) in [5.74, 6) is -0.346. The largest absolute Gasteiger partial charge is 0.380 e. The van der Waals surface area contributed by atoms with E-state index in [0.29, 0.717) is 12.0 Å². The van der Waals surface area contributed by atoms with Gasteiger partial charge < -0.3 is 5.11 Å². The number of nitrogens with zero attached hydrogens (tertiary/aromatic N) is 1. The van der Waals surface area contributed by atoms with Gasteiger partial charge in [-0.05, 0) is 47.9 Å². The van der Waals surface area contributed by atoms with Gasteiger partial charge in [0, 0.05) is 11.6 Å². The van der Waals surface area contributed by atoms with Crippen LogP contribution in [0.4, 0.5) is 4.39 Å². The van der Waals surface area contributed by atoms with E-state index in [1.54, 1.807) is 18.3 Å². The summed E-state index contributed by atoms with van der Waals surface area (Å²) in [6.07, 6.45) is 2.20. The molecule has 2 nitrogen and oxygen atoms in total. The van der Waals surface area contributed by atoms with Crippen molar-refractivity contribution in [2.75, 3.05) is 0 Å². The van der Waals surface area contributed by atoms with Crippen molar-refractivity contribution in [2.45, 2.75) is 18.9 Å². The molecule has 0 aliphatic heterocycles. The topological polar surface area (TPSA) is 33.1 Å². The number of hydrogen-bond donors (Lipinski definition) is 1. The lowest BCUT2D eigenvalue weighted by Gasteiger charge is -2.28. The maximum absolute atomic E-state index is 13.5. The molecule has 1 aromatic heterocycles. The Hall–Kier alpha value is -2.26. The molecule has 0 amide bonds. The summed E-state index contributed by atoms with van der Waals surface area (Å²) < 4.78 is 13.5. The van der Waals surface area contributed by atoms with E-state index < -0.39 is 5.60 Å². The van der Waals surface area contributed by atoms with Crippen molar-refractivity contribution in [1.82, 2.24) is 4.98 Å². The zero-order valence-corrected chi connectivity index (χ0v) is 11.8. The van der Waals surface area contributed by atoms with Gasteiger partial charge in [-0.1, -0.05) is 31.2 Å². The lowest BCUT2D eigenvalue weighted by atomic mass is 9.83. The minimum atomic E-state index is -1.20. The lowest BCUT2D eigenvalue weighted by molar-refractivity contribution is 0.0763. The Balaban J connectivity index is 2.16. The van der Waals surface area contributed by atoms with Gasteiger partial charge in [-0.2, -0.15) is 0 Å². The Bertz CT molecular complexity index is 787. The molecule has 1 heterocycles. The number of aliphatic hydroxyl groups is 1. The maximum atomic E-state index is 13.5. The molecule has 0 bridgehead atoms. The van der Waals surface area contributed by atoms with Crippen LogP contribution in [0.3, 0.4) is 0 Å². The number of aromatic nitrogens is 1. The predicted molar refractivity (Wildman–Crippen MR) is 81.4 cm³/mol. The summed E-state index contributed by atoms with van der Waals surface area (Å²) in [7, 11) is 0. The number of benzene rings is 2. The van der Waals surface area contributed by atoms with Crippen LogP contribution in [0.1, 0.15) is 24.5 Å². The highest BCUT2D eigenvalue weighted by Gasteiger charge is 2.30. The van der Waals surface area contributed by atoms with Crippen LogP contribution in [-0.4, -0.2) is 10.1 Å². The van der Waals surface area contributed by atoms with Gasteiger partial charge in [-0.25, -0.2) is 4.39 Å². The summed E-state index contributed by atoms with van der Waals surface area (Å²) in [4.78, 5) is 4.28. The second-order valence-electron chi connectivity index (χ2n) is 5.14. The number of pyridine rings is 1. The van der Waals surface area contributed by atoms with Crippen LogP contribution >= 0.6 is 0 Å². The molecule has 3 aromatic rings. The third-order valence-corrected chi connectivity index (χ3v) is 3.89. The van der Waals surface area contributed by atoms with Crippen molar-refractivity contribution in [2.24, 2.45) is 0 Å². The van der Waals surface area contributed by atoms with E-state index in [0.717, 1.165) is 16.5 Å². The molecular weight excluding hydrogens is 265 g/mol. The number of hydrogen-bond acceptors (Lipinski definition) is 2. The fourth-order valence-corrected chi connectivity index (χ4v) is 2.65. The van der Waals surface area contributed by atoms with Crippen molar-refractivity contribution in [3.8, 4) is 0 Å². The maximum Gasteiger partial charge on any atom is 0.123 e. The standard InChI is InChI=1S/C18H16FNO/c1-2-18(21,14-6-3-7-16(19)12-14)15-8-9-17-13(11-15)5-4-10-20-17/h3-12,21H,2H2,1H3. The first-order chi connectivity index (χ1) is 10.1. The highest BCUT2D eigenvalue weighted by molar-refractivity contribution is 5.79. The fourth-order valence-electron chi connectivity index (χ4n) is 2.65. The van der Waals surface area contributed by atoms with E-state index in [-0.39, 0.29) is 5.82 Å². The average Bonchev–Trinajstić information content (AvgIpc) is 2.53. The molecule has 1 unspecified atom stereocenters. The first-order valence-corrected chi connectivity index (χ1v) is 6.97. The molecule has 1 N–H and O–H groups in total. The normalized spacial score (nSPS) is 14.0. The van der Waals surface area contributed by atoms with Gasteiger partial charge >= 0.3 is 0 Å². The number of fused-ring (bicyclic) bond motifs is 1. The third-order valence-electron chi connectivity index (χ3n) is 3.89. The second kappa shape index (κ2) is 5.26. The zero-order valence-electron chi connectivity index (χ0n) is 11.8. The van der Waals surface area contributed by atoms with Crippen molar-refractivity contribution in [1.29, 1.82) is 0 Å². The second-order valence-corrected chi connectivity index (χ2v) is 5.14. The minimum absolute atomic E-state index is 0.346. The SMILES string of the molecule is CCC(O)(c1cccc(F)c1)c1ccc2ncccc2c1. The van der Waals surface area contributed by atoms with Crippen LogP contribution in [0.15, 0.2) is 60.8 Å². The molecular formula is C18H16FNO. The van der Waals surface area contributed by atoms with E-state index >= 15 is 0 Å². The van der Waals surface area contributed by atoms with E-state index in [9.17, 15) is 9.50 Å². The Morgan fingerprint density at radius 2 is 1.86 bits per heavy atom. The van der Waals surface area contributed by atoms with Crippen LogP contribution in [0, 0.1) is 5.82 Å². The van der Waals surface area contributed by atoms with Gasteiger partial charge in [0.1, 0.15) is 11.4 Å². The number of rotatable bonds is 3. The highest BCUT2D eigenvalue weighted by atomic mass is 19.1. The van der Waals surface area contributed by atoms with Crippen LogP contribution in [0.2, 0.25) is 0 Å². The van der Waals surface area contributed by atoms with Gasteiger partial charge in [-0.15, -0.1) is 0 Å². The summed E-state index contributed by atoms with van der Waals surface area (Å²) in [6.45, 7) is 1.89. The monoisotopic (exact) mass is 281 g/mol. The van der Waals surface area contributed by atoms with Crippen molar-refractivity contribution in [3.63, 3.8) is 0 Å². The highest BCUT2D eigenvalue weighted by Crippen LogP contribution is 2.34. The molecule has 0 aliphatic carbocycles. The summed E-state index contributed by atoms with van der Waals surface area (Å²) in [6, 6.07) is 15.6. The molecule has 3 rings (SSSR count). The quantitative estimate of drug-likeness (QED) is 0.786. The van der Waals surface area contributed by atoms with Gasteiger partial charge in [0.2, 0.25) is 0 Å². The van der Waals surface area contributed by atoms with Crippen LogP contribution < -0.4 is 0 Å². The molecule has 21 heavy (non-hydrogen) atoms. The zero-order chi connectivity index (χ0) is 14.9. The average molecular weight is 281 g/mol. The molecule has 0 aliphatic rings. The van der Waals surface area contributed by atoms with E-state index in [1.807, 2.05) is 37.3 Å². The van der Waals surface area contributed by atoms with E-state index in [2.05, 4.69) is 4.98 Å². The molecule has 3 heteroatoms. The summed E-state index contributed by atoms with van der Waals surface area (Å²) in [5, 5.41) is 12.0. The molecule has 2 aromatic carbocycles. The molecule has 0 fully saturated rings. The summed E-state index contributed by atoms with van der Waals surface area (Å²) in [5.41, 5.74) is 0.981. The molecule has 1 atom stereocenters. The molecule has 0 spiro atoms. The smallest absolute Gasteiger partial charge is 0.123 e. The first-order valence-electron chi connectivity index (χ1n) is 6.97. The third kappa shape index (κ3) is 2.41. The molecule has 0 saturated heterocycles. The number of halogens is 1. The van der Waals surface area contributed by atoms with E-state index in [4.69, 9.17) is 0 Å². The van der Waals surface area contributed by atoms with Crippen LogP contribution in [0.5, 0.6) is 0 Å². The molecule has 106 valence electrons. The fraction of sp³-hybridized carbons (Fsp3) is 0.167. The van der Waals surface area contributed by atoms with Gasteiger partial charge in [0.25, 0.3) is 0 Å². The Morgan fingerprint density at radius 3 is 2.62 bits per heavy atom. The van der Waals surface area contributed by atoms with E-state index in [1.165, 1.54) is 12.1 Å². The van der Waals surface area contributed by atoms with Gasteiger partial charge in [-0.3, -0.25) is 4.98 Å². The summed E-state index contributed by atoms with van der Waals surface area (Å²) >= 11 is 0. The predicted octanol–water partition coefficient (Wildman–Crippen LogP) is 4.02. The lowest BCUT2D eigenvalue weighted by Crippen LogP contribution is -2.26. The van der Waals surface area contributed by atoms with Crippen molar-refractivity contribution >= 4 is 10.9 Å².